The number of halogens is 1. The quantitative estimate of drug-likeness (QED) is 0.835. The lowest BCUT2D eigenvalue weighted by Crippen LogP contribution is -2.55. The monoisotopic (exact) mass is 288 g/mol. The first-order valence-electron chi connectivity index (χ1n) is 7.76. The molecule has 3 unspecified atom stereocenters. The average Bonchev–Trinajstić information content (AvgIpc) is 2.89. The number of carbonyl (C=O) groups is 1. The summed E-state index contributed by atoms with van der Waals surface area (Å²) >= 11 is 0. The minimum absolute atomic E-state index is 0. The summed E-state index contributed by atoms with van der Waals surface area (Å²) in [7, 11) is 0. The van der Waals surface area contributed by atoms with Crippen molar-refractivity contribution in [2.75, 3.05) is 6.54 Å². The van der Waals surface area contributed by atoms with E-state index in [0.717, 1.165) is 31.7 Å². The highest BCUT2D eigenvalue weighted by atomic mass is 35.5. The minimum atomic E-state index is -0.265. The van der Waals surface area contributed by atoms with Crippen molar-refractivity contribution < 1.29 is 4.79 Å². The average molecular weight is 289 g/mol. The van der Waals surface area contributed by atoms with Gasteiger partial charge in [-0.05, 0) is 44.6 Å². The molecule has 2 aliphatic rings. The Morgan fingerprint density at radius 3 is 2.68 bits per heavy atom. The van der Waals surface area contributed by atoms with Crippen LogP contribution in [-0.2, 0) is 4.79 Å². The van der Waals surface area contributed by atoms with E-state index in [1.165, 1.54) is 32.1 Å². The summed E-state index contributed by atoms with van der Waals surface area (Å²) in [5.74, 6) is 1.07. The topological polar surface area (TPSA) is 41.1 Å². The highest BCUT2D eigenvalue weighted by molar-refractivity contribution is 5.86. The fraction of sp³-hybridized carbons (Fsp3) is 0.933. The van der Waals surface area contributed by atoms with Gasteiger partial charge in [-0.25, -0.2) is 0 Å². The predicted octanol–water partition coefficient (Wildman–Crippen LogP) is 3.03. The fourth-order valence-electron chi connectivity index (χ4n) is 3.58. The molecule has 1 amide bonds. The van der Waals surface area contributed by atoms with E-state index in [9.17, 15) is 4.79 Å². The maximum Gasteiger partial charge on any atom is 0.240 e. The molecule has 4 heteroatoms. The summed E-state index contributed by atoms with van der Waals surface area (Å²) in [5.41, 5.74) is -0.265. The Kier molecular flexibility index (Phi) is 6.61. The molecule has 0 aromatic heterocycles. The van der Waals surface area contributed by atoms with Crippen LogP contribution in [0.15, 0.2) is 0 Å². The van der Waals surface area contributed by atoms with E-state index in [1.54, 1.807) is 0 Å². The molecule has 3 nitrogen and oxygen atoms in total. The van der Waals surface area contributed by atoms with Gasteiger partial charge in [-0.1, -0.05) is 33.1 Å². The second kappa shape index (κ2) is 7.49. The Morgan fingerprint density at radius 2 is 2.11 bits per heavy atom. The van der Waals surface area contributed by atoms with Crippen molar-refractivity contribution in [1.82, 2.24) is 10.6 Å². The molecule has 0 radical (unpaired) electrons. The van der Waals surface area contributed by atoms with E-state index in [0.29, 0.717) is 6.04 Å². The number of carbonyl (C=O) groups excluding carboxylic acids is 1. The first kappa shape index (κ1) is 16.8. The van der Waals surface area contributed by atoms with Crippen molar-refractivity contribution in [2.45, 2.75) is 76.8 Å². The van der Waals surface area contributed by atoms with Crippen LogP contribution in [0.5, 0.6) is 0 Å². The van der Waals surface area contributed by atoms with Gasteiger partial charge in [0.1, 0.15) is 0 Å². The minimum Gasteiger partial charge on any atom is -0.352 e. The number of rotatable bonds is 4. The first-order chi connectivity index (χ1) is 8.70. The molecule has 2 fully saturated rings. The van der Waals surface area contributed by atoms with Crippen molar-refractivity contribution in [3.8, 4) is 0 Å². The molecule has 112 valence electrons. The molecule has 0 bridgehead atoms. The van der Waals surface area contributed by atoms with Gasteiger partial charge in [-0.2, -0.15) is 0 Å². The summed E-state index contributed by atoms with van der Waals surface area (Å²) in [5, 5.41) is 6.74. The Hall–Kier alpha value is -0.280. The number of hydrogen-bond acceptors (Lipinski definition) is 2. The first-order valence-corrected chi connectivity index (χ1v) is 7.76. The SMILES string of the molecule is CCC1CCCC(NC(=O)C2(CC)CCCN2)C1.Cl. The normalized spacial score (nSPS) is 34.6. The molecule has 0 spiro atoms. The molecular weight excluding hydrogens is 260 g/mol. The van der Waals surface area contributed by atoms with Gasteiger partial charge < -0.3 is 10.6 Å². The predicted molar refractivity (Wildman–Crippen MR) is 81.7 cm³/mol. The summed E-state index contributed by atoms with van der Waals surface area (Å²) in [6, 6.07) is 0.419. The largest absolute Gasteiger partial charge is 0.352 e. The highest BCUT2D eigenvalue weighted by Crippen LogP contribution is 2.28. The third-order valence-corrected chi connectivity index (χ3v) is 4.98. The van der Waals surface area contributed by atoms with Crippen LogP contribution in [0, 0.1) is 5.92 Å². The van der Waals surface area contributed by atoms with Crippen molar-refractivity contribution in [3.63, 3.8) is 0 Å². The molecule has 2 rings (SSSR count). The van der Waals surface area contributed by atoms with Gasteiger partial charge in [0.15, 0.2) is 0 Å². The zero-order chi connectivity index (χ0) is 13.0. The van der Waals surface area contributed by atoms with Crippen LogP contribution >= 0.6 is 12.4 Å². The van der Waals surface area contributed by atoms with Gasteiger partial charge in [0.2, 0.25) is 5.91 Å². The van der Waals surface area contributed by atoms with Crippen LogP contribution < -0.4 is 10.6 Å². The van der Waals surface area contributed by atoms with Gasteiger partial charge in [0, 0.05) is 6.04 Å². The molecule has 0 aromatic carbocycles. The van der Waals surface area contributed by atoms with Gasteiger partial charge in [0.25, 0.3) is 0 Å². The molecular formula is C15H29ClN2O. The van der Waals surface area contributed by atoms with Crippen LogP contribution in [-0.4, -0.2) is 24.0 Å². The summed E-state index contributed by atoms with van der Waals surface area (Å²) < 4.78 is 0. The van der Waals surface area contributed by atoms with Gasteiger partial charge in [0.05, 0.1) is 5.54 Å². The summed E-state index contributed by atoms with van der Waals surface area (Å²) in [4.78, 5) is 12.5. The van der Waals surface area contributed by atoms with E-state index in [2.05, 4.69) is 24.5 Å². The molecule has 1 aliphatic carbocycles. The Balaban J connectivity index is 0.00000180. The van der Waals surface area contributed by atoms with Crippen molar-refractivity contribution >= 4 is 18.3 Å². The van der Waals surface area contributed by atoms with Crippen LogP contribution in [0.1, 0.15) is 65.2 Å². The maximum absolute atomic E-state index is 12.5. The van der Waals surface area contributed by atoms with Crippen LogP contribution in [0.3, 0.4) is 0 Å². The molecule has 1 aliphatic heterocycles. The van der Waals surface area contributed by atoms with E-state index in [-0.39, 0.29) is 23.9 Å². The van der Waals surface area contributed by atoms with E-state index < -0.39 is 0 Å². The third-order valence-electron chi connectivity index (χ3n) is 4.98. The second-order valence-electron chi connectivity index (χ2n) is 6.08. The fourth-order valence-corrected chi connectivity index (χ4v) is 3.58. The van der Waals surface area contributed by atoms with E-state index in [4.69, 9.17) is 0 Å². The van der Waals surface area contributed by atoms with Gasteiger partial charge >= 0.3 is 0 Å². The lowest BCUT2D eigenvalue weighted by atomic mass is 9.83. The van der Waals surface area contributed by atoms with Crippen molar-refractivity contribution in [1.29, 1.82) is 0 Å². The molecule has 1 heterocycles. The smallest absolute Gasteiger partial charge is 0.240 e. The number of nitrogens with one attached hydrogen (secondary N) is 2. The van der Waals surface area contributed by atoms with Gasteiger partial charge in [-0.3, -0.25) is 4.79 Å². The number of amides is 1. The van der Waals surface area contributed by atoms with Crippen LogP contribution in [0.4, 0.5) is 0 Å². The molecule has 19 heavy (non-hydrogen) atoms. The lowest BCUT2D eigenvalue weighted by molar-refractivity contribution is -0.128. The molecule has 3 atom stereocenters. The molecule has 0 aromatic rings. The molecule has 1 saturated heterocycles. The van der Waals surface area contributed by atoms with Crippen LogP contribution in [0.25, 0.3) is 0 Å². The second-order valence-corrected chi connectivity index (χ2v) is 6.08. The Morgan fingerprint density at radius 1 is 1.32 bits per heavy atom. The summed E-state index contributed by atoms with van der Waals surface area (Å²) in [6.45, 7) is 5.37. The van der Waals surface area contributed by atoms with Crippen molar-refractivity contribution in [3.05, 3.63) is 0 Å². The molecule has 1 saturated carbocycles. The van der Waals surface area contributed by atoms with E-state index >= 15 is 0 Å². The third kappa shape index (κ3) is 3.85. The standard InChI is InChI=1S/C15H28N2O.ClH/c1-3-12-7-5-8-13(11-12)17-14(18)15(4-2)9-6-10-16-15;/h12-13,16H,3-11H2,1-2H3,(H,17,18);1H. The lowest BCUT2D eigenvalue weighted by Gasteiger charge is -2.33. The zero-order valence-corrected chi connectivity index (χ0v) is 13.2. The maximum atomic E-state index is 12.5. The van der Waals surface area contributed by atoms with Crippen LogP contribution in [0.2, 0.25) is 0 Å². The van der Waals surface area contributed by atoms with Crippen molar-refractivity contribution in [2.24, 2.45) is 5.92 Å². The Bertz CT molecular complexity index is 290. The highest BCUT2D eigenvalue weighted by Gasteiger charge is 2.40. The van der Waals surface area contributed by atoms with Gasteiger partial charge in [-0.15, -0.1) is 12.4 Å². The van der Waals surface area contributed by atoms with E-state index in [1.807, 2.05) is 0 Å². The number of hydrogen-bond donors (Lipinski definition) is 2. The summed E-state index contributed by atoms with van der Waals surface area (Å²) in [6.07, 6.45) is 9.26. The zero-order valence-electron chi connectivity index (χ0n) is 12.3. The molecule has 2 N–H and O–H groups in total. The Labute approximate surface area is 123 Å².